The summed E-state index contributed by atoms with van der Waals surface area (Å²) in [5, 5.41) is 0. The second-order valence-electron chi connectivity index (χ2n) is 4.30. The Bertz CT molecular complexity index is 590. The van der Waals surface area contributed by atoms with E-state index < -0.39 is 0 Å². The number of imidazole rings is 1. The molecule has 2 rings (SSSR count). The first-order chi connectivity index (χ1) is 9.17. The van der Waals surface area contributed by atoms with Crippen molar-refractivity contribution >= 4 is 22.7 Å². The Hall–Kier alpha value is -2.04. The molecule has 19 heavy (non-hydrogen) atoms. The topological polar surface area (TPSA) is 70.1 Å². The van der Waals surface area contributed by atoms with Gasteiger partial charge < -0.3 is 15.0 Å². The van der Waals surface area contributed by atoms with Crippen molar-refractivity contribution in [2.24, 2.45) is 0 Å². The molecule has 0 unspecified atom stereocenters. The Morgan fingerprint density at radius 2 is 2.21 bits per heavy atom. The average molecular weight is 261 g/mol. The average Bonchev–Trinajstić information content (AvgIpc) is 2.76. The minimum absolute atomic E-state index is 0.185. The molecule has 2 N–H and O–H groups in total. The standard InChI is InChI=1S/C14H19N3O2/c1-3-12-16-14-10(15)6-5-7-11(14)17(12)9-8-13(18)19-4-2/h5-7H,3-4,8-9,15H2,1-2H3. The molecule has 0 saturated carbocycles. The van der Waals surface area contributed by atoms with Crippen LogP contribution < -0.4 is 5.73 Å². The Labute approximate surface area is 112 Å². The minimum atomic E-state index is -0.185. The number of ether oxygens (including phenoxy) is 1. The van der Waals surface area contributed by atoms with E-state index in [2.05, 4.69) is 4.98 Å². The lowest BCUT2D eigenvalue weighted by molar-refractivity contribution is -0.143. The molecule has 0 aliphatic rings. The smallest absolute Gasteiger partial charge is 0.307 e. The van der Waals surface area contributed by atoms with Crippen LogP contribution in [0.25, 0.3) is 11.0 Å². The van der Waals surface area contributed by atoms with E-state index in [1.165, 1.54) is 0 Å². The number of anilines is 1. The highest BCUT2D eigenvalue weighted by Crippen LogP contribution is 2.22. The van der Waals surface area contributed by atoms with Crippen molar-refractivity contribution in [3.05, 3.63) is 24.0 Å². The Morgan fingerprint density at radius 3 is 2.89 bits per heavy atom. The second-order valence-corrected chi connectivity index (χ2v) is 4.30. The molecular weight excluding hydrogens is 242 g/mol. The van der Waals surface area contributed by atoms with Crippen molar-refractivity contribution in [2.75, 3.05) is 12.3 Å². The SMILES string of the molecule is CCOC(=O)CCn1c(CC)nc2c(N)cccc21. The molecule has 0 spiro atoms. The number of aromatic nitrogens is 2. The fourth-order valence-electron chi connectivity index (χ4n) is 2.17. The van der Waals surface area contributed by atoms with Crippen molar-refractivity contribution < 1.29 is 9.53 Å². The maximum absolute atomic E-state index is 11.5. The van der Waals surface area contributed by atoms with E-state index in [1.54, 1.807) is 0 Å². The normalized spacial score (nSPS) is 10.8. The number of nitrogen functional groups attached to an aromatic ring is 1. The van der Waals surface area contributed by atoms with Gasteiger partial charge >= 0.3 is 5.97 Å². The first kappa shape index (κ1) is 13.4. The number of esters is 1. The van der Waals surface area contributed by atoms with E-state index in [1.807, 2.05) is 36.6 Å². The van der Waals surface area contributed by atoms with Crippen LogP contribution in [0.5, 0.6) is 0 Å². The summed E-state index contributed by atoms with van der Waals surface area (Å²) < 4.78 is 7.00. The molecule has 0 amide bonds. The van der Waals surface area contributed by atoms with Crippen LogP contribution >= 0.6 is 0 Å². The number of nitrogens with zero attached hydrogens (tertiary/aromatic N) is 2. The number of rotatable bonds is 5. The summed E-state index contributed by atoms with van der Waals surface area (Å²) in [6.07, 6.45) is 1.15. The number of carbonyl (C=O) groups is 1. The van der Waals surface area contributed by atoms with Gasteiger partial charge in [0.15, 0.2) is 0 Å². The van der Waals surface area contributed by atoms with Crippen LogP contribution in [0.15, 0.2) is 18.2 Å². The van der Waals surface area contributed by atoms with Crippen molar-refractivity contribution in [3.63, 3.8) is 0 Å². The third kappa shape index (κ3) is 2.70. The van der Waals surface area contributed by atoms with Gasteiger partial charge in [-0.05, 0) is 19.1 Å². The van der Waals surface area contributed by atoms with Gasteiger partial charge in [-0.25, -0.2) is 4.98 Å². The van der Waals surface area contributed by atoms with Gasteiger partial charge in [-0.1, -0.05) is 13.0 Å². The first-order valence-corrected chi connectivity index (χ1v) is 6.56. The Kier molecular flexibility index (Phi) is 4.04. The van der Waals surface area contributed by atoms with Crippen LogP contribution in [0.1, 0.15) is 26.1 Å². The van der Waals surface area contributed by atoms with Gasteiger partial charge in [0, 0.05) is 13.0 Å². The van der Waals surface area contributed by atoms with Gasteiger partial charge in [-0.2, -0.15) is 0 Å². The van der Waals surface area contributed by atoms with Gasteiger partial charge in [0.25, 0.3) is 0 Å². The fourth-order valence-corrected chi connectivity index (χ4v) is 2.17. The van der Waals surface area contributed by atoms with Crippen molar-refractivity contribution in [3.8, 4) is 0 Å². The third-order valence-corrected chi connectivity index (χ3v) is 3.05. The molecule has 0 radical (unpaired) electrons. The second kappa shape index (κ2) is 5.73. The third-order valence-electron chi connectivity index (χ3n) is 3.05. The number of hydrogen-bond donors (Lipinski definition) is 1. The van der Waals surface area contributed by atoms with Crippen molar-refractivity contribution in [1.29, 1.82) is 0 Å². The Morgan fingerprint density at radius 1 is 1.42 bits per heavy atom. The van der Waals surface area contributed by atoms with Crippen LogP contribution in [0, 0.1) is 0 Å². The lowest BCUT2D eigenvalue weighted by Gasteiger charge is -2.07. The van der Waals surface area contributed by atoms with Crippen molar-refractivity contribution in [2.45, 2.75) is 33.2 Å². The van der Waals surface area contributed by atoms with Crippen LogP contribution in [-0.4, -0.2) is 22.1 Å². The summed E-state index contributed by atoms with van der Waals surface area (Å²) >= 11 is 0. The molecule has 0 aliphatic heterocycles. The number of para-hydroxylation sites is 1. The largest absolute Gasteiger partial charge is 0.466 e. The number of nitrogens with two attached hydrogens (primary N) is 1. The molecule has 102 valence electrons. The lowest BCUT2D eigenvalue weighted by Crippen LogP contribution is -2.10. The number of fused-ring (bicyclic) bond motifs is 1. The minimum Gasteiger partial charge on any atom is -0.466 e. The zero-order chi connectivity index (χ0) is 13.8. The van der Waals surface area contributed by atoms with Crippen LogP contribution in [0.2, 0.25) is 0 Å². The number of aryl methyl sites for hydroxylation is 2. The molecule has 5 heteroatoms. The quantitative estimate of drug-likeness (QED) is 0.661. The van der Waals surface area contributed by atoms with Gasteiger partial charge in [0.05, 0.1) is 24.2 Å². The van der Waals surface area contributed by atoms with E-state index in [0.29, 0.717) is 25.3 Å². The van der Waals surface area contributed by atoms with E-state index in [9.17, 15) is 4.79 Å². The van der Waals surface area contributed by atoms with E-state index in [-0.39, 0.29) is 5.97 Å². The lowest BCUT2D eigenvalue weighted by atomic mass is 10.2. The summed E-state index contributed by atoms with van der Waals surface area (Å²) in [5.41, 5.74) is 8.38. The zero-order valence-corrected chi connectivity index (χ0v) is 11.3. The molecule has 0 aliphatic carbocycles. The Balaban J connectivity index is 2.30. The number of hydrogen-bond acceptors (Lipinski definition) is 4. The van der Waals surface area contributed by atoms with Gasteiger partial charge in [-0.3, -0.25) is 4.79 Å². The number of carbonyl (C=O) groups excluding carboxylic acids is 1. The first-order valence-electron chi connectivity index (χ1n) is 6.56. The van der Waals surface area contributed by atoms with Gasteiger partial charge in [0.2, 0.25) is 0 Å². The maximum atomic E-state index is 11.5. The molecular formula is C14H19N3O2. The molecule has 1 aromatic heterocycles. The molecule has 5 nitrogen and oxygen atoms in total. The molecule has 1 aromatic carbocycles. The highest BCUT2D eigenvalue weighted by atomic mass is 16.5. The molecule has 1 heterocycles. The van der Waals surface area contributed by atoms with Gasteiger partial charge in [-0.15, -0.1) is 0 Å². The predicted molar refractivity (Wildman–Crippen MR) is 74.8 cm³/mol. The van der Waals surface area contributed by atoms with Gasteiger partial charge in [0.1, 0.15) is 11.3 Å². The van der Waals surface area contributed by atoms with Crippen molar-refractivity contribution in [1.82, 2.24) is 9.55 Å². The molecule has 2 aromatic rings. The summed E-state index contributed by atoms with van der Waals surface area (Å²) in [6.45, 7) is 4.83. The highest BCUT2D eigenvalue weighted by Gasteiger charge is 2.12. The van der Waals surface area contributed by atoms with E-state index >= 15 is 0 Å². The predicted octanol–water partition coefficient (Wildman–Crippen LogP) is 2.13. The molecule has 0 atom stereocenters. The van der Waals surface area contributed by atoms with Crippen LogP contribution in [0.4, 0.5) is 5.69 Å². The molecule has 0 fully saturated rings. The summed E-state index contributed by atoms with van der Waals surface area (Å²) in [4.78, 5) is 16.0. The molecule has 0 saturated heterocycles. The summed E-state index contributed by atoms with van der Waals surface area (Å²) in [7, 11) is 0. The summed E-state index contributed by atoms with van der Waals surface area (Å²) in [5.74, 6) is 0.757. The zero-order valence-electron chi connectivity index (χ0n) is 11.3. The van der Waals surface area contributed by atoms with E-state index in [4.69, 9.17) is 10.5 Å². The summed E-state index contributed by atoms with van der Waals surface area (Å²) in [6, 6.07) is 5.72. The maximum Gasteiger partial charge on any atom is 0.307 e. The molecule has 0 bridgehead atoms. The fraction of sp³-hybridized carbons (Fsp3) is 0.429. The van der Waals surface area contributed by atoms with Crippen LogP contribution in [-0.2, 0) is 22.5 Å². The van der Waals surface area contributed by atoms with Crippen LogP contribution in [0.3, 0.4) is 0 Å². The monoisotopic (exact) mass is 261 g/mol. The van der Waals surface area contributed by atoms with E-state index in [0.717, 1.165) is 23.3 Å². The number of benzene rings is 1. The highest BCUT2D eigenvalue weighted by molar-refractivity contribution is 5.87.